The molecule has 4 rings (SSSR count). The maximum absolute atomic E-state index is 12.3. The van der Waals surface area contributed by atoms with E-state index in [1.807, 2.05) is 31.2 Å². The molecule has 1 amide bonds. The lowest BCUT2D eigenvalue weighted by atomic mass is 9.84. The monoisotopic (exact) mass is 371 g/mol. The van der Waals surface area contributed by atoms with Crippen molar-refractivity contribution in [2.45, 2.75) is 50.8 Å². The molecule has 0 spiro atoms. The first-order valence-electron chi connectivity index (χ1n) is 9.42. The molecule has 1 aromatic carbocycles. The normalized spacial score (nSPS) is 25.4. The number of hydrogen-bond donors (Lipinski definition) is 1. The van der Waals surface area contributed by atoms with Gasteiger partial charge in [-0.05, 0) is 62.5 Å². The van der Waals surface area contributed by atoms with E-state index in [1.165, 1.54) is 37.4 Å². The summed E-state index contributed by atoms with van der Waals surface area (Å²) in [6.07, 6.45) is 5.37. The molecule has 2 fully saturated rings. The van der Waals surface area contributed by atoms with Crippen molar-refractivity contribution >= 4 is 17.7 Å². The zero-order valence-corrected chi connectivity index (χ0v) is 16.1. The third-order valence-corrected chi connectivity index (χ3v) is 6.75. The molecule has 0 radical (unpaired) electrons. The van der Waals surface area contributed by atoms with Crippen LogP contribution in [0.2, 0.25) is 0 Å². The van der Waals surface area contributed by atoms with E-state index in [9.17, 15) is 4.79 Å². The summed E-state index contributed by atoms with van der Waals surface area (Å²) in [5.41, 5.74) is 2.02. The van der Waals surface area contributed by atoms with E-state index in [2.05, 4.69) is 22.4 Å². The zero-order chi connectivity index (χ0) is 18.1. The highest BCUT2D eigenvalue weighted by molar-refractivity contribution is 7.99. The van der Waals surface area contributed by atoms with Crippen LogP contribution < -0.4 is 5.32 Å². The van der Waals surface area contributed by atoms with Gasteiger partial charge in [0.1, 0.15) is 0 Å². The van der Waals surface area contributed by atoms with E-state index in [1.54, 1.807) is 0 Å². The van der Waals surface area contributed by atoms with Gasteiger partial charge in [-0.1, -0.05) is 36.4 Å². The van der Waals surface area contributed by atoms with Crippen molar-refractivity contribution in [2.75, 3.05) is 5.75 Å². The Hall–Kier alpha value is -1.82. The first kappa shape index (κ1) is 17.6. The molecule has 1 heterocycles. The fraction of sp³-hybridized carbons (Fsp3) is 0.550. The van der Waals surface area contributed by atoms with Crippen molar-refractivity contribution in [1.29, 1.82) is 0 Å². The Morgan fingerprint density at radius 2 is 2.15 bits per heavy atom. The number of benzene rings is 1. The highest BCUT2D eigenvalue weighted by atomic mass is 32.2. The van der Waals surface area contributed by atoms with E-state index in [0.717, 1.165) is 23.0 Å². The molecule has 2 aliphatic rings. The number of amides is 1. The molecule has 1 aromatic heterocycles. The average molecular weight is 372 g/mol. The van der Waals surface area contributed by atoms with Gasteiger partial charge in [0.15, 0.2) is 0 Å². The van der Waals surface area contributed by atoms with E-state index in [-0.39, 0.29) is 11.9 Å². The van der Waals surface area contributed by atoms with Gasteiger partial charge in [-0.25, -0.2) is 0 Å². The highest BCUT2D eigenvalue weighted by Gasteiger charge is 2.42. The second-order valence-corrected chi connectivity index (χ2v) is 8.60. The van der Waals surface area contributed by atoms with E-state index in [4.69, 9.17) is 4.42 Å². The molecule has 0 saturated heterocycles. The summed E-state index contributed by atoms with van der Waals surface area (Å²) >= 11 is 1.30. The molecule has 1 N–H and O–H groups in total. The summed E-state index contributed by atoms with van der Waals surface area (Å²) in [5, 5.41) is 11.8. The highest BCUT2D eigenvalue weighted by Crippen LogP contribution is 2.49. The number of nitrogens with one attached hydrogen (secondary N) is 1. The van der Waals surface area contributed by atoms with Crippen LogP contribution in [0.3, 0.4) is 0 Å². The topological polar surface area (TPSA) is 68.0 Å². The van der Waals surface area contributed by atoms with Crippen LogP contribution in [-0.4, -0.2) is 27.9 Å². The molecular formula is C20H25N3O2S. The van der Waals surface area contributed by atoms with E-state index < -0.39 is 0 Å². The molecule has 4 atom stereocenters. The standard InChI is InChI=1S/C20H25N3O2S/c1-12-5-3-4-6-16(12)19-22-23-20(25-19)26-11-18(24)21-13(2)17-10-14-7-8-15(17)9-14/h3-6,13-15,17H,7-11H2,1-2H3,(H,21,24). The number of rotatable bonds is 6. The van der Waals surface area contributed by atoms with Gasteiger partial charge >= 0.3 is 0 Å². The zero-order valence-electron chi connectivity index (χ0n) is 15.3. The van der Waals surface area contributed by atoms with Crippen LogP contribution >= 0.6 is 11.8 Å². The summed E-state index contributed by atoms with van der Waals surface area (Å²) in [6, 6.07) is 8.15. The third kappa shape index (κ3) is 3.65. The second-order valence-electron chi connectivity index (χ2n) is 7.67. The smallest absolute Gasteiger partial charge is 0.277 e. The van der Waals surface area contributed by atoms with Gasteiger partial charge in [0.2, 0.25) is 11.8 Å². The van der Waals surface area contributed by atoms with Crippen LogP contribution in [0.25, 0.3) is 11.5 Å². The van der Waals surface area contributed by atoms with E-state index in [0.29, 0.717) is 22.8 Å². The van der Waals surface area contributed by atoms with Crippen LogP contribution in [0, 0.1) is 24.7 Å². The molecule has 138 valence electrons. The molecule has 0 aliphatic heterocycles. The number of aromatic nitrogens is 2. The number of hydrogen-bond acceptors (Lipinski definition) is 5. The van der Waals surface area contributed by atoms with Gasteiger partial charge in [0.25, 0.3) is 5.22 Å². The Morgan fingerprint density at radius 3 is 2.88 bits per heavy atom. The Kier molecular flexibility index (Phi) is 5.02. The van der Waals surface area contributed by atoms with Crippen molar-refractivity contribution in [1.82, 2.24) is 15.5 Å². The fourth-order valence-corrected chi connectivity index (χ4v) is 5.20. The van der Waals surface area contributed by atoms with Crippen LogP contribution in [-0.2, 0) is 4.79 Å². The average Bonchev–Trinajstić information content (AvgIpc) is 3.37. The first-order chi connectivity index (χ1) is 12.6. The van der Waals surface area contributed by atoms with Crippen molar-refractivity contribution in [3.8, 4) is 11.5 Å². The molecule has 2 bridgehead atoms. The van der Waals surface area contributed by atoms with Crippen LogP contribution in [0.5, 0.6) is 0 Å². The number of aryl methyl sites for hydroxylation is 1. The minimum absolute atomic E-state index is 0.0425. The van der Waals surface area contributed by atoms with Crippen LogP contribution in [0.1, 0.15) is 38.2 Å². The molecule has 6 heteroatoms. The number of thioether (sulfide) groups is 1. The van der Waals surface area contributed by atoms with Crippen LogP contribution in [0.4, 0.5) is 0 Å². The lowest BCUT2D eigenvalue weighted by Gasteiger charge is -2.28. The Bertz CT molecular complexity index is 791. The molecule has 2 aromatic rings. The molecule has 2 saturated carbocycles. The van der Waals surface area contributed by atoms with Gasteiger partial charge in [-0.2, -0.15) is 0 Å². The molecule has 26 heavy (non-hydrogen) atoms. The predicted octanol–water partition coefficient (Wildman–Crippen LogP) is 4.08. The summed E-state index contributed by atoms with van der Waals surface area (Å²) in [7, 11) is 0. The van der Waals surface area contributed by atoms with Gasteiger partial charge in [0.05, 0.1) is 5.75 Å². The lowest BCUT2D eigenvalue weighted by Crippen LogP contribution is -2.40. The summed E-state index contributed by atoms with van der Waals surface area (Å²) < 4.78 is 5.71. The number of nitrogens with zero attached hydrogens (tertiary/aromatic N) is 2. The summed E-state index contributed by atoms with van der Waals surface area (Å²) in [5.74, 6) is 3.22. The number of carbonyl (C=O) groups excluding carboxylic acids is 1. The maximum Gasteiger partial charge on any atom is 0.277 e. The van der Waals surface area contributed by atoms with Crippen molar-refractivity contribution < 1.29 is 9.21 Å². The minimum Gasteiger partial charge on any atom is -0.411 e. The number of fused-ring (bicyclic) bond motifs is 2. The third-order valence-electron chi connectivity index (χ3n) is 5.93. The lowest BCUT2D eigenvalue weighted by molar-refractivity contribution is -0.119. The van der Waals surface area contributed by atoms with Gasteiger partial charge < -0.3 is 9.73 Å². The first-order valence-corrected chi connectivity index (χ1v) is 10.4. The van der Waals surface area contributed by atoms with Crippen LogP contribution in [0.15, 0.2) is 33.9 Å². The molecule has 2 aliphatic carbocycles. The quantitative estimate of drug-likeness (QED) is 0.775. The van der Waals surface area contributed by atoms with Gasteiger partial charge in [-0.15, -0.1) is 10.2 Å². The van der Waals surface area contributed by atoms with Crippen molar-refractivity contribution in [3.05, 3.63) is 29.8 Å². The molecular weight excluding hydrogens is 346 g/mol. The second kappa shape index (κ2) is 7.43. The maximum atomic E-state index is 12.3. The Balaban J connectivity index is 1.29. The SMILES string of the molecule is Cc1ccccc1-c1nnc(SCC(=O)NC(C)C2CC3CCC2C3)o1. The van der Waals surface area contributed by atoms with Gasteiger partial charge in [-0.3, -0.25) is 4.79 Å². The van der Waals surface area contributed by atoms with E-state index >= 15 is 0 Å². The summed E-state index contributed by atoms with van der Waals surface area (Å²) in [4.78, 5) is 12.3. The Labute approximate surface area is 158 Å². The van der Waals surface area contributed by atoms with Gasteiger partial charge in [0, 0.05) is 11.6 Å². The summed E-state index contributed by atoms with van der Waals surface area (Å²) in [6.45, 7) is 4.16. The predicted molar refractivity (Wildman–Crippen MR) is 102 cm³/mol. The molecule has 4 unspecified atom stereocenters. The minimum atomic E-state index is 0.0425. The fourth-order valence-electron chi connectivity index (χ4n) is 4.63. The number of carbonyl (C=O) groups is 1. The Morgan fingerprint density at radius 1 is 1.31 bits per heavy atom. The van der Waals surface area contributed by atoms with Crippen molar-refractivity contribution in [3.63, 3.8) is 0 Å². The molecule has 5 nitrogen and oxygen atoms in total. The van der Waals surface area contributed by atoms with Crippen molar-refractivity contribution in [2.24, 2.45) is 17.8 Å². The largest absolute Gasteiger partial charge is 0.411 e.